The Bertz CT molecular complexity index is 360. The summed E-state index contributed by atoms with van der Waals surface area (Å²) in [4.78, 5) is 8.04. The molecule has 0 aliphatic carbocycles. The number of hydrogen-bond acceptors (Lipinski definition) is 6. The van der Waals surface area contributed by atoms with Crippen molar-refractivity contribution in [1.29, 1.82) is 0 Å². The van der Waals surface area contributed by atoms with E-state index in [0.29, 0.717) is 6.04 Å². The fraction of sp³-hybridized carbons (Fsp3) is 0.786. The van der Waals surface area contributed by atoms with Gasteiger partial charge in [-0.05, 0) is 13.3 Å². The largest absolute Gasteiger partial charge is 0.383 e. The van der Waals surface area contributed by atoms with Crippen molar-refractivity contribution in [3.05, 3.63) is 11.1 Å². The maximum atomic E-state index is 5.25. The molecule has 1 N–H and O–H groups in total. The minimum Gasteiger partial charge on any atom is -0.383 e. The second-order valence-corrected chi connectivity index (χ2v) is 5.94. The van der Waals surface area contributed by atoms with Gasteiger partial charge in [-0.2, -0.15) is 0 Å². The van der Waals surface area contributed by atoms with Crippen LogP contribution in [0.3, 0.4) is 0 Å². The number of anilines is 1. The zero-order chi connectivity index (χ0) is 14.8. The molecular formula is C14H27N3O2S. The molecule has 1 aromatic heterocycles. The van der Waals surface area contributed by atoms with Crippen molar-refractivity contribution in [3.63, 3.8) is 0 Å². The normalized spacial score (nSPS) is 12.8. The van der Waals surface area contributed by atoms with Crippen molar-refractivity contribution < 1.29 is 9.47 Å². The number of aromatic nitrogens is 1. The van der Waals surface area contributed by atoms with E-state index in [1.807, 2.05) is 6.20 Å². The van der Waals surface area contributed by atoms with Gasteiger partial charge in [0.15, 0.2) is 5.13 Å². The first kappa shape index (κ1) is 17.4. The number of nitrogens with one attached hydrogen (secondary N) is 1. The number of ether oxygens (including phenoxy) is 2. The molecule has 0 spiro atoms. The van der Waals surface area contributed by atoms with Crippen molar-refractivity contribution in [2.45, 2.75) is 32.9 Å². The minimum absolute atomic E-state index is 0.365. The molecule has 6 heteroatoms. The summed E-state index contributed by atoms with van der Waals surface area (Å²) in [6.07, 6.45) is 3.07. The lowest BCUT2D eigenvalue weighted by atomic mass is 10.3. The lowest BCUT2D eigenvalue weighted by Crippen LogP contribution is -2.37. The molecule has 0 aliphatic rings. The summed E-state index contributed by atoms with van der Waals surface area (Å²) >= 11 is 1.72. The van der Waals surface area contributed by atoms with Gasteiger partial charge in [0.2, 0.25) is 0 Å². The highest BCUT2D eigenvalue weighted by Gasteiger charge is 2.15. The Kier molecular flexibility index (Phi) is 8.77. The second kappa shape index (κ2) is 10.1. The van der Waals surface area contributed by atoms with E-state index < -0.39 is 0 Å². The molecule has 0 aliphatic heterocycles. The first-order valence-corrected chi connectivity index (χ1v) is 7.93. The van der Waals surface area contributed by atoms with Gasteiger partial charge in [0.25, 0.3) is 0 Å². The summed E-state index contributed by atoms with van der Waals surface area (Å²) in [5.41, 5.74) is 0. The third-order valence-corrected chi connectivity index (χ3v) is 3.99. The third-order valence-electron chi connectivity index (χ3n) is 3.05. The number of methoxy groups -OCH3 is 2. The molecule has 0 fully saturated rings. The van der Waals surface area contributed by atoms with Crippen LogP contribution in [0.25, 0.3) is 0 Å². The van der Waals surface area contributed by atoms with E-state index in [9.17, 15) is 0 Å². The highest BCUT2D eigenvalue weighted by molar-refractivity contribution is 7.15. The summed E-state index contributed by atoms with van der Waals surface area (Å²) in [6.45, 7) is 8.55. The van der Waals surface area contributed by atoms with Crippen LogP contribution in [0.5, 0.6) is 0 Å². The van der Waals surface area contributed by atoms with Gasteiger partial charge in [-0.25, -0.2) is 4.98 Å². The van der Waals surface area contributed by atoms with Gasteiger partial charge in [-0.3, -0.25) is 4.90 Å². The van der Waals surface area contributed by atoms with Crippen molar-refractivity contribution in [2.24, 2.45) is 0 Å². The van der Waals surface area contributed by atoms with Crippen molar-refractivity contribution in [3.8, 4) is 0 Å². The van der Waals surface area contributed by atoms with Crippen LogP contribution in [0.4, 0.5) is 5.13 Å². The SMILES string of the molecule is CCCNc1ncc(CN(CCOC)C(C)COC)s1. The molecule has 116 valence electrons. The Morgan fingerprint density at radius 1 is 1.40 bits per heavy atom. The van der Waals surface area contributed by atoms with Crippen LogP contribution in [0.15, 0.2) is 6.20 Å². The molecule has 1 unspecified atom stereocenters. The van der Waals surface area contributed by atoms with Crippen molar-refractivity contribution in [1.82, 2.24) is 9.88 Å². The summed E-state index contributed by atoms with van der Waals surface area (Å²) in [7, 11) is 3.48. The Balaban J connectivity index is 2.56. The summed E-state index contributed by atoms with van der Waals surface area (Å²) < 4.78 is 10.4. The second-order valence-electron chi connectivity index (χ2n) is 4.83. The molecular weight excluding hydrogens is 274 g/mol. The van der Waals surface area contributed by atoms with Crippen LogP contribution < -0.4 is 5.32 Å². The lowest BCUT2D eigenvalue weighted by molar-refractivity contribution is 0.0711. The predicted octanol–water partition coefficient (Wildman–Crippen LogP) is 2.45. The summed E-state index contributed by atoms with van der Waals surface area (Å²) in [5, 5.41) is 4.33. The summed E-state index contributed by atoms with van der Waals surface area (Å²) in [5.74, 6) is 0. The minimum atomic E-state index is 0.365. The fourth-order valence-corrected chi connectivity index (χ4v) is 2.77. The van der Waals surface area contributed by atoms with E-state index in [4.69, 9.17) is 9.47 Å². The first-order chi connectivity index (χ1) is 9.71. The average Bonchev–Trinajstić information content (AvgIpc) is 2.89. The first-order valence-electron chi connectivity index (χ1n) is 7.11. The Morgan fingerprint density at radius 2 is 2.20 bits per heavy atom. The van der Waals surface area contributed by atoms with Crippen LogP contribution in [0, 0.1) is 0 Å². The van der Waals surface area contributed by atoms with Crippen molar-refractivity contribution in [2.75, 3.05) is 45.8 Å². The predicted molar refractivity (Wildman–Crippen MR) is 84.5 cm³/mol. The molecule has 1 rings (SSSR count). The van der Waals surface area contributed by atoms with Crippen LogP contribution in [0.1, 0.15) is 25.1 Å². The zero-order valence-corrected chi connectivity index (χ0v) is 13.8. The number of hydrogen-bond donors (Lipinski definition) is 1. The Morgan fingerprint density at radius 3 is 2.85 bits per heavy atom. The Labute approximate surface area is 126 Å². The van der Waals surface area contributed by atoms with Crippen molar-refractivity contribution >= 4 is 16.5 Å². The van der Waals surface area contributed by atoms with Crippen LogP contribution >= 0.6 is 11.3 Å². The van der Waals surface area contributed by atoms with E-state index in [1.165, 1.54) is 4.88 Å². The monoisotopic (exact) mass is 301 g/mol. The molecule has 0 bridgehead atoms. The fourth-order valence-electron chi connectivity index (χ4n) is 1.90. The maximum Gasteiger partial charge on any atom is 0.182 e. The molecule has 20 heavy (non-hydrogen) atoms. The number of rotatable bonds is 11. The lowest BCUT2D eigenvalue weighted by Gasteiger charge is -2.27. The van der Waals surface area contributed by atoms with Gasteiger partial charge in [-0.1, -0.05) is 6.92 Å². The average molecular weight is 301 g/mol. The molecule has 0 radical (unpaired) electrons. The van der Waals surface area contributed by atoms with E-state index in [0.717, 1.165) is 44.4 Å². The van der Waals surface area contributed by atoms with E-state index >= 15 is 0 Å². The third kappa shape index (κ3) is 6.17. The van der Waals surface area contributed by atoms with Gasteiger partial charge in [-0.15, -0.1) is 11.3 Å². The van der Waals surface area contributed by atoms with Gasteiger partial charge in [0.05, 0.1) is 13.2 Å². The van der Waals surface area contributed by atoms with E-state index in [-0.39, 0.29) is 0 Å². The van der Waals surface area contributed by atoms with Gasteiger partial charge in [0, 0.05) is 51.0 Å². The van der Waals surface area contributed by atoms with Gasteiger partial charge >= 0.3 is 0 Å². The number of thiazole rings is 1. The molecule has 0 saturated carbocycles. The highest BCUT2D eigenvalue weighted by Crippen LogP contribution is 2.20. The molecule has 1 aromatic rings. The van der Waals surface area contributed by atoms with Crippen LogP contribution in [-0.2, 0) is 16.0 Å². The Hall–Kier alpha value is -0.690. The molecule has 0 amide bonds. The summed E-state index contributed by atoms with van der Waals surface area (Å²) in [6, 6.07) is 0.365. The van der Waals surface area contributed by atoms with Crippen LogP contribution in [-0.4, -0.2) is 56.4 Å². The molecule has 0 aromatic carbocycles. The molecule has 5 nitrogen and oxygen atoms in total. The maximum absolute atomic E-state index is 5.25. The smallest absolute Gasteiger partial charge is 0.182 e. The standard InChI is InChI=1S/C14H27N3O2S/c1-5-6-15-14-16-9-13(20-14)10-17(7-8-18-3)12(2)11-19-4/h9,12H,5-8,10-11H2,1-4H3,(H,15,16). The highest BCUT2D eigenvalue weighted by atomic mass is 32.1. The molecule has 1 atom stereocenters. The van der Waals surface area contributed by atoms with Gasteiger partial charge in [0.1, 0.15) is 0 Å². The zero-order valence-electron chi connectivity index (χ0n) is 13.0. The molecule has 1 heterocycles. The molecule has 0 saturated heterocycles. The van der Waals surface area contributed by atoms with E-state index in [2.05, 4.69) is 29.0 Å². The van der Waals surface area contributed by atoms with Gasteiger partial charge < -0.3 is 14.8 Å². The number of nitrogens with zero attached hydrogens (tertiary/aromatic N) is 2. The van der Waals surface area contributed by atoms with E-state index in [1.54, 1.807) is 25.6 Å². The van der Waals surface area contributed by atoms with Crippen LogP contribution in [0.2, 0.25) is 0 Å². The topological polar surface area (TPSA) is 46.6 Å². The quantitative estimate of drug-likeness (QED) is 0.680.